The van der Waals surface area contributed by atoms with E-state index in [2.05, 4.69) is 4.74 Å². The van der Waals surface area contributed by atoms with Gasteiger partial charge in [-0.2, -0.15) is 0 Å². The largest absolute Gasteiger partial charge is 0.465 e. The lowest BCUT2D eigenvalue weighted by atomic mass is 10.1. The van der Waals surface area contributed by atoms with E-state index in [4.69, 9.17) is 10.5 Å². The number of rotatable bonds is 3. The predicted molar refractivity (Wildman–Crippen MR) is 68.7 cm³/mol. The first-order chi connectivity index (χ1) is 9.11. The first-order valence-corrected chi connectivity index (χ1v) is 5.52. The van der Waals surface area contributed by atoms with Crippen LogP contribution in [0.15, 0.2) is 42.5 Å². The second kappa shape index (κ2) is 5.39. The third-order valence-corrected chi connectivity index (χ3v) is 2.50. The molecule has 2 aromatic carbocycles. The van der Waals surface area contributed by atoms with E-state index in [0.717, 1.165) is 0 Å². The molecule has 2 N–H and O–H groups in total. The summed E-state index contributed by atoms with van der Waals surface area (Å²) in [4.78, 5) is 11.5. The quantitative estimate of drug-likeness (QED) is 0.681. The Hall–Kier alpha value is -2.56. The van der Waals surface area contributed by atoms with Crippen LogP contribution in [-0.4, -0.2) is 13.1 Å². The van der Waals surface area contributed by atoms with Crippen LogP contribution in [0.25, 0.3) is 0 Å². The molecule has 0 bridgehead atoms. The highest BCUT2D eigenvalue weighted by atomic mass is 19.1. The summed E-state index contributed by atoms with van der Waals surface area (Å²) >= 11 is 0. The topological polar surface area (TPSA) is 61.5 Å². The molecule has 0 radical (unpaired) electrons. The Morgan fingerprint density at radius 2 is 1.95 bits per heavy atom. The van der Waals surface area contributed by atoms with Gasteiger partial charge in [0.05, 0.1) is 18.4 Å². The highest BCUT2D eigenvalue weighted by molar-refractivity contribution is 5.96. The van der Waals surface area contributed by atoms with Gasteiger partial charge in [-0.3, -0.25) is 0 Å². The number of halogens is 1. The minimum absolute atomic E-state index is 0.151. The molecule has 0 aliphatic heterocycles. The van der Waals surface area contributed by atoms with Crippen LogP contribution in [0, 0.1) is 5.82 Å². The van der Waals surface area contributed by atoms with Crippen molar-refractivity contribution in [3.8, 4) is 11.5 Å². The van der Waals surface area contributed by atoms with Gasteiger partial charge >= 0.3 is 5.97 Å². The summed E-state index contributed by atoms with van der Waals surface area (Å²) in [6.45, 7) is 0. The number of esters is 1. The lowest BCUT2D eigenvalue weighted by Crippen LogP contribution is -2.06. The van der Waals surface area contributed by atoms with Gasteiger partial charge in [-0.05, 0) is 24.3 Å². The van der Waals surface area contributed by atoms with Gasteiger partial charge in [0.15, 0.2) is 5.75 Å². The smallest absolute Gasteiger partial charge is 0.340 e. The maximum absolute atomic E-state index is 13.0. The summed E-state index contributed by atoms with van der Waals surface area (Å²) in [5.74, 6) is -0.399. The normalized spacial score (nSPS) is 10.0. The minimum atomic E-state index is -0.554. The highest BCUT2D eigenvalue weighted by Crippen LogP contribution is 2.30. The fourth-order valence-corrected chi connectivity index (χ4v) is 1.58. The number of ether oxygens (including phenoxy) is 2. The molecule has 0 atom stereocenters. The zero-order valence-electron chi connectivity index (χ0n) is 10.2. The summed E-state index contributed by atoms with van der Waals surface area (Å²) in [6, 6.07) is 10.4. The van der Waals surface area contributed by atoms with Crippen molar-refractivity contribution in [1.29, 1.82) is 0 Å². The summed E-state index contributed by atoms with van der Waals surface area (Å²) in [7, 11) is 1.27. The number of hydrogen-bond acceptors (Lipinski definition) is 4. The van der Waals surface area contributed by atoms with Gasteiger partial charge in [-0.25, -0.2) is 9.18 Å². The standard InChI is InChI=1S/C14H12FNO3/c1-18-14(17)11-6-3-7-12(13(11)16)19-10-5-2-4-9(15)8-10/h2-8H,16H2,1H3. The van der Waals surface area contributed by atoms with E-state index >= 15 is 0 Å². The number of anilines is 1. The molecule has 19 heavy (non-hydrogen) atoms. The number of para-hydroxylation sites is 1. The molecule has 0 amide bonds. The summed E-state index contributed by atoms with van der Waals surface area (Å²) < 4.78 is 23.1. The Labute approximate surface area is 109 Å². The van der Waals surface area contributed by atoms with E-state index in [-0.39, 0.29) is 17.0 Å². The van der Waals surface area contributed by atoms with E-state index in [9.17, 15) is 9.18 Å². The van der Waals surface area contributed by atoms with Crippen LogP contribution in [0.5, 0.6) is 11.5 Å². The molecule has 2 rings (SSSR count). The number of nitrogens with two attached hydrogens (primary N) is 1. The van der Waals surface area contributed by atoms with Gasteiger partial charge in [0.1, 0.15) is 11.6 Å². The van der Waals surface area contributed by atoms with Crippen molar-refractivity contribution in [2.75, 3.05) is 12.8 Å². The molecule has 0 aliphatic rings. The number of carbonyl (C=O) groups is 1. The van der Waals surface area contributed by atoms with Gasteiger partial charge in [0.25, 0.3) is 0 Å². The van der Waals surface area contributed by atoms with Gasteiger partial charge in [-0.15, -0.1) is 0 Å². The van der Waals surface area contributed by atoms with Crippen molar-refractivity contribution in [1.82, 2.24) is 0 Å². The number of benzene rings is 2. The second-order valence-corrected chi connectivity index (χ2v) is 3.77. The summed E-state index contributed by atoms with van der Waals surface area (Å²) in [5.41, 5.74) is 6.18. The monoisotopic (exact) mass is 261 g/mol. The Bertz CT molecular complexity index is 613. The van der Waals surface area contributed by atoms with E-state index in [0.29, 0.717) is 5.75 Å². The molecule has 0 fully saturated rings. The van der Waals surface area contributed by atoms with Gasteiger partial charge < -0.3 is 15.2 Å². The number of methoxy groups -OCH3 is 1. The minimum Gasteiger partial charge on any atom is -0.465 e. The molecule has 0 saturated carbocycles. The van der Waals surface area contributed by atoms with Crippen LogP contribution in [0.4, 0.5) is 10.1 Å². The number of carbonyl (C=O) groups excluding carboxylic acids is 1. The third-order valence-electron chi connectivity index (χ3n) is 2.50. The van der Waals surface area contributed by atoms with Crippen molar-refractivity contribution in [3.63, 3.8) is 0 Å². The molecule has 5 heteroatoms. The van der Waals surface area contributed by atoms with Crippen molar-refractivity contribution in [2.45, 2.75) is 0 Å². The highest BCUT2D eigenvalue weighted by Gasteiger charge is 2.14. The van der Waals surface area contributed by atoms with Crippen molar-refractivity contribution < 1.29 is 18.7 Å². The van der Waals surface area contributed by atoms with Crippen LogP contribution < -0.4 is 10.5 Å². The van der Waals surface area contributed by atoms with Crippen molar-refractivity contribution in [3.05, 3.63) is 53.8 Å². The average Bonchev–Trinajstić information content (AvgIpc) is 2.40. The summed E-state index contributed by atoms with van der Waals surface area (Å²) in [5, 5.41) is 0. The van der Waals surface area contributed by atoms with Gasteiger partial charge in [0, 0.05) is 6.07 Å². The average molecular weight is 261 g/mol. The molecule has 98 valence electrons. The molecule has 0 saturated heterocycles. The van der Waals surface area contributed by atoms with E-state index in [1.54, 1.807) is 18.2 Å². The van der Waals surface area contributed by atoms with Crippen LogP contribution in [0.2, 0.25) is 0 Å². The lowest BCUT2D eigenvalue weighted by Gasteiger charge is -2.11. The number of nitrogen functional groups attached to an aromatic ring is 1. The Balaban J connectivity index is 2.33. The SMILES string of the molecule is COC(=O)c1cccc(Oc2cccc(F)c2)c1N. The molecule has 4 nitrogen and oxygen atoms in total. The van der Waals surface area contributed by atoms with Crippen LogP contribution in [-0.2, 0) is 4.74 Å². The Kier molecular flexibility index (Phi) is 3.66. The van der Waals surface area contributed by atoms with Crippen LogP contribution in [0.3, 0.4) is 0 Å². The predicted octanol–water partition coefficient (Wildman–Crippen LogP) is 2.99. The van der Waals surface area contributed by atoms with Gasteiger partial charge in [-0.1, -0.05) is 12.1 Å². The van der Waals surface area contributed by atoms with Crippen molar-refractivity contribution in [2.24, 2.45) is 0 Å². The summed E-state index contributed by atoms with van der Waals surface area (Å²) in [6.07, 6.45) is 0. The first kappa shape index (κ1) is 12.9. The molecule has 0 aromatic heterocycles. The molecule has 0 aliphatic carbocycles. The molecular formula is C14H12FNO3. The lowest BCUT2D eigenvalue weighted by molar-refractivity contribution is 0.0601. The van der Waals surface area contributed by atoms with E-state index in [1.165, 1.54) is 31.4 Å². The zero-order valence-corrected chi connectivity index (χ0v) is 10.2. The molecule has 2 aromatic rings. The third kappa shape index (κ3) is 2.82. The van der Waals surface area contributed by atoms with Gasteiger partial charge in [0.2, 0.25) is 0 Å². The maximum Gasteiger partial charge on any atom is 0.340 e. The van der Waals surface area contributed by atoms with E-state index < -0.39 is 11.8 Å². The van der Waals surface area contributed by atoms with Crippen LogP contribution >= 0.6 is 0 Å². The number of hydrogen-bond donors (Lipinski definition) is 1. The molecular weight excluding hydrogens is 249 g/mol. The molecule has 0 spiro atoms. The fourth-order valence-electron chi connectivity index (χ4n) is 1.58. The van der Waals surface area contributed by atoms with Crippen molar-refractivity contribution >= 4 is 11.7 Å². The van der Waals surface area contributed by atoms with E-state index in [1.807, 2.05) is 0 Å². The Morgan fingerprint density at radius 3 is 2.63 bits per heavy atom. The van der Waals surface area contributed by atoms with Crippen LogP contribution in [0.1, 0.15) is 10.4 Å². The maximum atomic E-state index is 13.0. The molecule has 0 unspecified atom stereocenters. The first-order valence-electron chi connectivity index (χ1n) is 5.52. The zero-order chi connectivity index (χ0) is 13.8. The Morgan fingerprint density at radius 1 is 1.21 bits per heavy atom. The fraction of sp³-hybridized carbons (Fsp3) is 0.0714. The molecule has 0 heterocycles. The second-order valence-electron chi connectivity index (χ2n) is 3.77.